The Kier molecular flexibility index (Phi) is 7.88. The fourth-order valence-corrected chi connectivity index (χ4v) is 4.12. The van der Waals surface area contributed by atoms with Crippen molar-refractivity contribution in [1.82, 2.24) is 4.90 Å². The fourth-order valence-electron chi connectivity index (χ4n) is 4.12. The van der Waals surface area contributed by atoms with Crippen LogP contribution in [0.5, 0.6) is 0 Å². The Morgan fingerprint density at radius 3 is 2.22 bits per heavy atom. The lowest BCUT2D eigenvalue weighted by molar-refractivity contribution is -0.0784. The van der Waals surface area contributed by atoms with E-state index in [0.717, 1.165) is 6.61 Å². The summed E-state index contributed by atoms with van der Waals surface area (Å²) in [5.41, 5.74) is 1.40. The van der Waals surface area contributed by atoms with Crippen LogP contribution >= 0.6 is 12.4 Å². The van der Waals surface area contributed by atoms with Crippen molar-refractivity contribution in [3.63, 3.8) is 0 Å². The van der Waals surface area contributed by atoms with Crippen LogP contribution in [0, 0.1) is 0 Å². The molecular weight excluding hydrogens is 306 g/mol. The summed E-state index contributed by atoms with van der Waals surface area (Å²) in [5.74, 6) is 0. The van der Waals surface area contributed by atoms with Crippen LogP contribution in [0.3, 0.4) is 0 Å². The van der Waals surface area contributed by atoms with Gasteiger partial charge in [-0.2, -0.15) is 0 Å². The van der Waals surface area contributed by atoms with Crippen LogP contribution in [-0.4, -0.2) is 31.1 Å². The number of hydrogen-bond donors (Lipinski definition) is 0. The van der Waals surface area contributed by atoms with Gasteiger partial charge in [0.05, 0.1) is 5.60 Å². The average Bonchev–Trinajstić information content (AvgIpc) is 2.61. The van der Waals surface area contributed by atoms with Gasteiger partial charge in [-0.25, -0.2) is 0 Å². The Morgan fingerprint density at radius 2 is 1.52 bits per heavy atom. The molecule has 3 heteroatoms. The summed E-state index contributed by atoms with van der Waals surface area (Å²) in [4.78, 5) is 2.61. The van der Waals surface area contributed by atoms with E-state index in [2.05, 4.69) is 35.2 Å². The second kappa shape index (κ2) is 9.66. The number of rotatable bonds is 6. The molecule has 0 N–H and O–H groups in total. The van der Waals surface area contributed by atoms with Gasteiger partial charge in [-0.3, -0.25) is 0 Å². The van der Waals surface area contributed by atoms with Gasteiger partial charge in [0, 0.05) is 13.2 Å². The number of halogens is 1. The first-order valence-corrected chi connectivity index (χ1v) is 9.31. The van der Waals surface area contributed by atoms with Crippen molar-refractivity contribution in [2.45, 2.75) is 63.4 Å². The molecule has 0 aromatic heterocycles. The normalized spacial score (nSPS) is 21.6. The maximum absolute atomic E-state index is 6.52. The van der Waals surface area contributed by atoms with Crippen LogP contribution in [0.2, 0.25) is 0 Å². The van der Waals surface area contributed by atoms with E-state index in [-0.39, 0.29) is 18.0 Å². The van der Waals surface area contributed by atoms with E-state index in [9.17, 15) is 0 Å². The number of hydrogen-bond acceptors (Lipinski definition) is 2. The predicted molar refractivity (Wildman–Crippen MR) is 99.3 cm³/mol. The summed E-state index contributed by atoms with van der Waals surface area (Å²) < 4.78 is 6.52. The Hall–Kier alpha value is -0.570. The van der Waals surface area contributed by atoms with Gasteiger partial charge in [0.25, 0.3) is 0 Å². The number of ether oxygens (including phenoxy) is 1. The molecule has 1 aromatic rings. The molecule has 0 radical (unpaired) electrons. The molecule has 1 aliphatic carbocycles. The minimum atomic E-state index is 0. The molecule has 130 valence electrons. The van der Waals surface area contributed by atoms with Crippen molar-refractivity contribution in [1.29, 1.82) is 0 Å². The first-order valence-electron chi connectivity index (χ1n) is 9.31. The van der Waals surface area contributed by atoms with E-state index in [1.54, 1.807) is 0 Å². The number of benzene rings is 1. The van der Waals surface area contributed by atoms with Gasteiger partial charge in [-0.05, 0) is 50.8 Å². The molecule has 0 bridgehead atoms. The monoisotopic (exact) mass is 337 g/mol. The summed E-state index contributed by atoms with van der Waals surface area (Å²) in [6, 6.07) is 10.9. The van der Waals surface area contributed by atoms with Crippen LogP contribution in [-0.2, 0) is 10.3 Å². The molecular formula is C20H32ClNO. The minimum absolute atomic E-state index is 0. The highest BCUT2D eigenvalue weighted by Crippen LogP contribution is 2.40. The third kappa shape index (κ3) is 5.20. The molecule has 1 aromatic carbocycles. The van der Waals surface area contributed by atoms with Crippen molar-refractivity contribution in [2.24, 2.45) is 0 Å². The molecule has 1 heterocycles. The minimum Gasteiger partial charge on any atom is -0.370 e. The van der Waals surface area contributed by atoms with E-state index in [4.69, 9.17) is 4.74 Å². The van der Waals surface area contributed by atoms with E-state index in [1.165, 1.54) is 83.0 Å². The highest BCUT2D eigenvalue weighted by molar-refractivity contribution is 5.85. The van der Waals surface area contributed by atoms with Crippen molar-refractivity contribution >= 4 is 12.4 Å². The summed E-state index contributed by atoms with van der Waals surface area (Å²) in [6.45, 7) is 4.71. The number of piperidine rings is 1. The zero-order valence-corrected chi connectivity index (χ0v) is 15.2. The average molecular weight is 338 g/mol. The molecule has 2 aliphatic rings. The lowest BCUT2D eigenvalue weighted by Crippen LogP contribution is -2.34. The highest BCUT2D eigenvalue weighted by Gasteiger charge is 2.34. The molecule has 2 fully saturated rings. The zero-order chi connectivity index (χ0) is 15.1. The Morgan fingerprint density at radius 1 is 0.870 bits per heavy atom. The smallest absolute Gasteiger partial charge is 0.0931 e. The van der Waals surface area contributed by atoms with Crippen LogP contribution in [0.4, 0.5) is 0 Å². The van der Waals surface area contributed by atoms with Crippen LogP contribution in [0.25, 0.3) is 0 Å². The lowest BCUT2D eigenvalue weighted by atomic mass is 9.79. The van der Waals surface area contributed by atoms with Gasteiger partial charge >= 0.3 is 0 Å². The molecule has 3 rings (SSSR count). The Bertz CT molecular complexity index is 425. The summed E-state index contributed by atoms with van der Waals surface area (Å²) >= 11 is 0. The fraction of sp³-hybridized carbons (Fsp3) is 0.700. The van der Waals surface area contributed by atoms with E-state index in [0.29, 0.717) is 0 Å². The second-order valence-electron chi connectivity index (χ2n) is 7.03. The molecule has 0 amide bonds. The molecule has 1 aliphatic heterocycles. The third-order valence-corrected chi connectivity index (χ3v) is 5.41. The Labute approximate surface area is 148 Å². The van der Waals surface area contributed by atoms with Crippen molar-refractivity contribution in [3.05, 3.63) is 35.9 Å². The maximum Gasteiger partial charge on any atom is 0.0931 e. The molecule has 23 heavy (non-hydrogen) atoms. The topological polar surface area (TPSA) is 12.5 Å². The Balaban J connectivity index is 0.00000192. The van der Waals surface area contributed by atoms with E-state index in [1.807, 2.05) is 0 Å². The predicted octanol–water partition coefficient (Wildman–Crippen LogP) is 5.16. The van der Waals surface area contributed by atoms with Gasteiger partial charge in [0.15, 0.2) is 0 Å². The van der Waals surface area contributed by atoms with E-state index < -0.39 is 0 Å². The van der Waals surface area contributed by atoms with Gasteiger partial charge in [-0.1, -0.05) is 56.0 Å². The van der Waals surface area contributed by atoms with Crippen LogP contribution in [0.1, 0.15) is 63.4 Å². The third-order valence-electron chi connectivity index (χ3n) is 5.41. The molecule has 1 saturated carbocycles. The van der Waals surface area contributed by atoms with Crippen LogP contribution in [0.15, 0.2) is 30.3 Å². The van der Waals surface area contributed by atoms with Crippen molar-refractivity contribution in [2.75, 3.05) is 26.2 Å². The van der Waals surface area contributed by atoms with Crippen LogP contribution < -0.4 is 0 Å². The van der Waals surface area contributed by atoms with Gasteiger partial charge in [-0.15, -0.1) is 12.4 Å². The standard InChI is InChI=1S/C20H31NO.ClH/c1-4-11-19(12-5-1)20(13-6-2-7-14-20)22-18-10-17-21-15-8-3-9-16-21;/h1,4-5,11-12H,2-3,6-10,13-18H2;1H. The largest absolute Gasteiger partial charge is 0.370 e. The maximum atomic E-state index is 6.52. The van der Waals surface area contributed by atoms with Gasteiger partial charge in [0.2, 0.25) is 0 Å². The van der Waals surface area contributed by atoms with Crippen molar-refractivity contribution < 1.29 is 4.74 Å². The summed E-state index contributed by atoms with van der Waals surface area (Å²) in [7, 11) is 0. The quantitative estimate of drug-likeness (QED) is 0.665. The summed E-state index contributed by atoms with van der Waals surface area (Å²) in [6.07, 6.45) is 11.7. The number of likely N-dealkylation sites (tertiary alicyclic amines) is 1. The molecule has 1 saturated heterocycles. The number of nitrogens with zero attached hydrogens (tertiary/aromatic N) is 1. The SMILES string of the molecule is Cl.c1ccc(C2(OCCCN3CCCCC3)CCCCC2)cc1. The summed E-state index contributed by atoms with van der Waals surface area (Å²) in [5, 5.41) is 0. The molecule has 0 unspecified atom stereocenters. The molecule has 0 spiro atoms. The van der Waals surface area contributed by atoms with E-state index >= 15 is 0 Å². The first kappa shape index (κ1) is 18.8. The lowest BCUT2D eigenvalue weighted by Gasteiger charge is -2.38. The second-order valence-corrected chi connectivity index (χ2v) is 7.03. The highest BCUT2D eigenvalue weighted by atomic mass is 35.5. The first-order chi connectivity index (χ1) is 10.9. The van der Waals surface area contributed by atoms with Gasteiger partial charge < -0.3 is 9.64 Å². The molecule has 2 nitrogen and oxygen atoms in total. The zero-order valence-electron chi connectivity index (χ0n) is 14.3. The van der Waals surface area contributed by atoms with Gasteiger partial charge in [0.1, 0.15) is 0 Å². The van der Waals surface area contributed by atoms with Crippen molar-refractivity contribution in [3.8, 4) is 0 Å². The molecule has 0 atom stereocenters.